The Bertz CT molecular complexity index is 962. The van der Waals surface area contributed by atoms with Gasteiger partial charge < -0.3 is 19.7 Å². The van der Waals surface area contributed by atoms with E-state index in [1.807, 2.05) is 4.90 Å². The van der Waals surface area contributed by atoms with Crippen LogP contribution in [0.15, 0.2) is 36.4 Å². The highest BCUT2D eigenvalue weighted by Gasteiger charge is 2.23. The van der Waals surface area contributed by atoms with Crippen LogP contribution >= 0.6 is 11.6 Å². The van der Waals surface area contributed by atoms with Gasteiger partial charge in [0.15, 0.2) is 11.5 Å². The number of anilines is 1. The van der Waals surface area contributed by atoms with Gasteiger partial charge in [-0.2, -0.15) is 0 Å². The molecule has 4 rings (SSSR count). The van der Waals surface area contributed by atoms with E-state index in [4.69, 9.17) is 21.1 Å². The number of fused-ring (bicyclic) bond motifs is 1. The molecule has 0 unspecified atom stereocenters. The predicted octanol–water partition coefficient (Wildman–Crippen LogP) is 2.58. The van der Waals surface area contributed by atoms with Crippen LogP contribution in [0.5, 0.6) is 11.5 Å². The maximum absolute atomic E-state index is 13.0. The molecule has 1 fully saturated rings. The van der Waals surface area contributed by atoms with E-state index >= 15 is 0 Å². The summed E-state index contributed by atoms with van der Waals surface area (Å²) in [4.78, 5) is 28.7. The van der Waals surface area contributed by atoms with Crippen LogP contribution in [0.1, 0.15) is 5.56 Å². The first-order valence-corrected chi connectivity index (χ1v) is 10.5. The molecule has 0 saturated carbocycles. The van der Waals surface area contributed by atoms with Crippen molar-refractivity contribution in [2.75, 3.05) is 51.3 Å². The molecule has 0 bridgehead atoms. The normalized spacial score (nSPS) is 16.1. The van der Waals surface area contributed by atoms with Gasteiger partial charge in [-0.3, -0.25) is 14.5 Å². The number of halogens is 2. The SMILES string of the molecule is O=C(CN1CCN(C(=O)Cc2ccc(F)cc2)CC1)Nc1cc2c(cc1Cl)OCCO2. The zero-order chi connectivity index (χ0) is 21.8. The first-order valence-electron chi connectivity index (χ1n) is 10.1. The Morgan fingerprint density at radius 2 is 1.65 bits per heavy atom. The molecule has 2 heterocycles. The van der Waals surface area contributed by atoms with E-state index in [-0.39, 0.29) is 30.6 Å². The monoisotopic (exact) mass is 447 g/mol. The highest BCUT2D eigenvalue weighted by Crippen LogP contribution is 2.37. The summed E-state index contributed by atoms with van der Waals surface area (Å²) in [5.74, 6) is 0.610. The number of carbonyl (C=O) groups is 2. The molecule has 1 N–H and O–H groups in total. The minimum Gasteiger partial charge on any atom is -0.486 e. The van der Waals surface area contributed by atoms with Crippen LogP contribution in [0.3, 0.4) is 0 Å². The van der Waals surface area contributed by atoms with Crippen molar-refractivity contribution in [2.24, 2.45) is 0 Å². The number of nitrogens with one attached hydrogen (secondary N) is 1. The van der Waals surface area contributed by atoms with E-state index in [1.54, 1.807) is 29.2 Å². The first kappa shape index (κ1) is 21.4. The Kier molecular flexibility index (Phi) is 6.58. The van der Waals surface area contributed by atoms with Crippen LogP contribution in [0.25, 0.3) is 0 Å². The molecule has 2 aromatic rings. The van der Waals surface area contributed by atoms with E-state index in [9.17, 15) is 14.0 Å². The topological polar surface area (TPSA) is 71.1 Å². The first-order chi connectivity index (χ1) is 15.0. The lowest BCUT2D eigenvalue weighted by Gasteiger charge is -2.34. The lowest BCUT2D eigenvalue weighted by molar-refractivity contribution is -0.132. The summed E-state index contributed by atoms with van der Waals surface area (Å²) in [5.41, 5.74) is 1.26. The fourth-order valence-electron chi connectivity index (χ4n) is 3.60. The molecule has 0 spiro atoms. The fraction of sp³-hybridized carbons (Fsp3) is 0.364. The molecule has 2 amide bonds. The highest BCUT2D eigenvalue weighted by atomic mass is 35.5. The summed E-state index contributed by atoms with van der Waals surface area (Å²) in [6, 6.07) is 9.26. The molecule has 0 aliphatic carbocycles. The van der Waals surface area contributed by atoms with Crippen LogP contribution in [0, 0.1) is 5.82 Å². The standard InChI is InChI=1S/C22H23ClFN3O4/c23-17-12-19-20(31-10-9-30-19)13-18(17)25-21(28)14-26-5-7-27(8-6-26)22(29)11-15-1-3-16(24)4-2-15/h1-4,12-13H,5-11,14H2,(H,25,28). The minimum atomic E-state index is -0.319. The van der Waals surface area contributed by atoms with Gasteiger partial charge in [-0.15, -0.1) is 0 Å². The second kappa shape index (κ2) is 9.53. The number of hydrogen-bond acceptors (Lipinski definition) is 5. The number of carbonyl (C=O) groups excluding carboxylic acids is 2. The van der Waals surface area contributed by atoms with E-state index in [2.05, 4.69) is 5.32 Å². The second-order valence-electron chi connectivity index (χ2n) is 7.48. The Morgan fingerprint density at radius 1 is 1.00 bits per heavy atom. The Hall–Kier alpha value is -2.84. The third kappa shape index (κ3) is 5.45. The van der Waals surface area contributed by atoms with E-state index in [1.165, 1.54) is 12.1 Å². The van der Waals surface area contributed by atoms with Crippen LogP contribution < -0.4 is 14.8 Å². The second-order valence-corrected chi connectivity index (χ2v) is 7.89. The molecule has 0 radical (unpaired) electrons. The number of amides is 2. The molecule has 2 aromatic carbocycles. The van der Waals surface area contributed by atoms with Crippen molar-refractivity contribution in [1.29, 1.82) is 0 Å². The van der Waals surface area contributed by atoms with Gasteiger partial charge in [-0.25, -0.2) is 4.39 Å². The van der Waals surface area contributed by atoms with E-state index in [0.29, 0.717) is 61.6 Å². The van der Waals surface area contributed by atoms with E-state index < -0.39 is 0 Å². The number of ether oxygens (including phenoxy) is 2. The van der Waals surface area contributed by atoms with E-state index in [0.717, 1.165) is 5.56 Å². The van der Waals surface area contributed by atoms with Crippen molar-refractivity contribution in [2.45, 2.75) is 6.42 Å². The number of nitrogens with zero attached hydrogens (tertiary/aromatic N) is 2. The molecule has 31 heavy (non-hydrogen) atoms. The molecule has 164 valence electrons. The Balaban J connectivity index is 1.25. The van der Waals surface area contributed by atoms with Gasteiger partial charge >= 0.3 is 0 Å². The zero-order valence-corrected chi connectivity index (χ0v) is 17.7. The average molecular weight is 448 g/mol. The largest absolute Gasteiger partial charge is 0.486 e. The van der Waals surface area contributed by atoms with Gasteiger partial charge in [0.05, 0.1) is 23.7 Å². The molecule has 1 saturated heterocycles. The number of benzene rings is 2. The molecule has 9 heteroatoms. The number of hydrogen-bond donors (Lipinski definition) is 1. The number of piperazine rings is 1. The maximum Gasteiger partial charge on any atom is 0.238 e. The van der Waals surface area contributed by atoms with Gasteiger partial charge in [0.1, 0.15) is 19.0 Å². The average Bonchev–Trinajstić information content (AvgIpc) is 2.76. The van der Waals surface area contributed by atoms with Crippen LogP contribution in [0.4, 0.5) is 10.1 Å². The minimum absolute atomic E-state index is 0.00114. The molecule has 7 nitrogen and oxygen atoms in total. The fourth-order valence-corrected chi connectivity index (χ4v) is 3.80. The Labute approximate surface area is 184 Å². The zero-order valence-electron chi connectivity index (χ0n) is 16.9. The molecular weight excluding hydrogens is 425 g/mol. The quantitative estimate of drug-likeness (QED) is 0.762. The van der Waals surface area contributed by atoms with Crippen molar-refractivity contribution >= 4 is 29.1 Å². The summed E-state index contributed by atoms with van der Waals surface area (Å²) in [6.07, 6.45) is 0.239. The third-order valence-electron chi connectivity index (χ3n) is 5.27. The molecule has 0 atom stereocenters. The van der Waals surface area contributed by atoms with Crippen LogP contribution in [-0.4, -0.2) is 67.6 Å². The van der Waals surface area contributed by atoms with Gasteiger partial charge in [0.2, 0.25) is 11.8 Å². The highest BCUT2D eigenvalue weighted by molar-refractivity contribution is 6.34. The molecule has 0 aromatic heterocycles. The predicted molar refractivity (Wildman–Crippen MR) is 114 cm³/mol. The smallest absolute Gasteiger partial charge is 0.238 e. The third-order valence-corrected chi connectivity index (χ3v) is 5.58. The number of rotatable bonds is 5. The van der Waals surface area contributed by atoms with Crippen molar-refractivity contribution in [1.82, 2.24) is 9.80 Å². The van der Waals surface area contributed by atoms with Gasteiger partial charge in [-0.05, 0) is 17.7 Å². The van der Waals surface area contributed by atoms with Gasteiger partial charge in [-0.1, -0.05) is 23.7 Å². The Morgan fingerprint density at radius 3 is 2.32 bits per heavy atom. The summed E-state index contributed by atoms with van der Waals surface area (Å²) >= 11 is 6.25. The summed E-state index contributed by atoms with van der Waals surface area (Å²) in [7, 11) is 0. The maximum atomic E-state index is 13.0. The van der Waals surface area contributed by atoms with Crippen LogP contribution in [-0.2, 0) is 16.0 Å². The lowest BCUT2D eigenvalue weighted by atomic mass is 10.1. The summed E-state index contributed by atoms with van der Waals surface area (Å²) in [6.45, 7) is 3.38. The van der Waals surface area contributed by atoms with Gasteiger partial charge in [0, 0.05) is 38.3 Å². The lowest BCUT2D eigenvalue weighted by Crippen LogP contribution is -2.50. The van der Waals surface area contributed by atoms with Crippen molar-refractivity contribution < 1.29 is 23.5 Å². The van der Waals surface area contributed by atoms with Crippen LogP contribution in [0.2, 0.25) is 5.02 Å². The molecule has 2 aliphatic heterocycles. The molecular formula is C22H23ClFN3O4. The van der Waals surface area contributed by atoms with Crippen molar-refractivity contribution in [3.05, 3.63) is 52.8 Å². The summed E-state index contributed by atoms with van der Waals surface area (Å²) < 4.78 is 24.0. The van der Waals surface area contributed by atoms with Gasteiger partial charge in [0.25, 0.3) is 0 Å². The summed E-state index contributed by atoms with van der Waals surface area (Å²) in [5, 5.41) is 3.20. The van der Waals surface area contributed by atoms with Crippen molar-refractivity contribution in [3.8, 4) is 11.5 Å². The molecule has 2 aliphatic rings. The van der Waals surface area contributed by atoms with Crippen molar-refractivity contribution in [3.63, 3.8) is 0 Å².